The van der Waals surface area contributed by atoms with E-state index in [2.05, 4.69) is 21.5 Å². The summed E-state index contributed by atoms with van der Waals surface area (Å²) in [5, 5.41) is 10.7. The van der Waals surface area contributed by atoms with Gasteiger partial charge in [-0.1, -0.05) is 0 Å². The zero-order chi connectivity index (χ0) is 15.8. The maximum absolute atomic E-state index is 11.9. The molecule has 22 heavy (non-hydrogen) atoms. The predicted molar refractivity (Wildman–Crippen MR) is 79.9 cm³/mol. The minimum Gasteiger partial charge on any atom is -0.378 e. The molecule has 0 radical (unpaired) electrons. The number of carbonyl (C=O) groups excluding carboxylic acids is 2. The normalized spacial score (nSPS) is 18.6. The maximum atomic E-state index is 11.9. The lowest BCUT2D eigenvalue weighted by atomic mass is 10.0. The average Bonchev–Trinajstić information content (AvgIpc) is 3.32. The molecule has 0 spiro atoms. The van der Waals surface area contributed by atoms with Crippen molar-refractivity contribution in [2.75, 3.05) is 32.8 Å². The number of rotatable bonds is 8. The third-order valence-electron chi connectivity index (χ3n) is 3.83. The van der Waals surface area contributed by atoms with Crippen LogP contribution in [-0.4, -0.2) is 55.2 Å². The van der Waals surface area contributed by atoms with Crippen molar-refractivity contribution in [3.63, 3.8) is 0 Å². The van der Waals surface area contributed by atoms with E-state index in [1.165, 1.54) is 0 Å². The number of amides is 2. The minimum absolute atomic E-state index is 0.0567. The summed E-state index contributed by atoms with van der Waals surface area (Å²) in [6, 6.07) is 0. The molecule has 7 nitrogen and oxygen atoms in total. The smallest absolute Gasteiger partial charge is 0.224 e. The highest BCUT2D eigenvalue weighted by atomic mass is 16.5. The lowest BCUT2D eigenvalue weighted by Crippen LogP contribution is -2.42. The first-order chi connectivity index (χ1) is 10.7. The van der Waals surface area contributed by atoms with Gasteiger partial charge in [-0.25, -0.2) is 0 Å². The summed E-state index contributed by atoms with van der Waals surface area (Å²) < 4.78 is 5.20. The highest BCUT2D eigenvalue weighted by Gasteiger charge is 2.39. The van der Waals surface area contributed by atoms with Gasteiger partial charge in [0.2, 0.25) is 11.8 Å². The van der Waals surface area contributed by atoms with Crippen LogP contribution in [-0.2, 0) is 14.3 Å². The van der Waals surface area contributed by atoms with Crippen molar-refractivity contribution in [3.05, 3.63) is 0 Å². The van der Waals surface area contributed by atoms with Gasteiger partial charge in [0.05, 0.1) is 13.2 Å². The molecular formula is C15H22N4O3. The van der Waals surface area contributed by atoms with Crippen molar-refractivity contribution in [1.82, 2.24) is 10.2 Å². The second-order valence-electron chi connectivity index (χ2n) is 5.48. The molecule has 0 aliphatic carbocycles. The first-order valence-corrected chi connectivity index (χ1v) is 7.65. The van der Waals surface area contributed by atoms with Crippen LogP contribution < -0.4 is 5.32 Å². The van der Waals surface area contributed by atoms with E-state index in [0.717, 1.165) is 0 Å². The van der Waals surface area contributed by atoms with E-state index in [1.54, 1.807) is 4.90 Å². The molecule has 1 fully saturated rings. The second-order valence-corrected chi connectivity index (χ2v) is 5.48. The standard InChI is InChI=1S/C15H22N4O3/c1-2-3-6-15(17-18-15)7-4-13(20)16-8-5-14(21)19-9-11-22-12-10-19/h1H,3-12H2,(H,16,20). The molecule has 0 unspecified atom stereocenters. The zero-order valence-electron chi connectivity index (χ0n) is 12.7. The van der Waals surface area contributed by atoms with Crippen molar-refractivity contribution in [1.29, 1.82) is 0 Å². The number of hydrogen-bond acceptors (Lipinski definition) is 5. The largest absolute Gasteiger partial charge is 0.378 e. The molecule has 2 rings (SSSR count). The van der Waals surface area contributed by atoms with E-state index >= 15 is 0 Å². The molecule has 1 N–H and O–H groups in total. The van der Waals surface area contributed by atoms with Crippen LogP contribution in [0.15, 0.2) is 10.2 Å². The van der Waals surface area contributed by atoms with Crippen LogP contribution in [0.5, 0.6) is 0 Å². The Morgan fingerprint density at radius 1 is 1.23 bits per heavy atom. The minimum atomic E-state index is -0.423. The molecule has 0 bridgehead atoms. The van der Waals surface area contributed by atoms with Crippen LogP contribution in [0, 0.1) is 12.3 Å². The number of hydrogen-bond donors (Lipinski definition) is 1. The predicted octanol–water partition coefficient (Wildman–Crippen LogP) is 0.707. The Labute approximate surface area is 130 Å². The molecule has 0 aromatic rings. The van der Waals surface area contributed by atoms with Crippen LogP contribution in [0.25, 0.3) is 0 Å². The third-order valence-corrected chi connectivity index (χ3v) is 3.83. The molecule has 120 valence electrons. The summed E-state index contributed by atoms with van der Waals surface area (Å²) in [6.07, 6.45) is 7.79. The maximum Gasteiger partial charge on any atom is 0.224 e. The number of ether oxygens (including phenoxy) is 1. The van der Waals surface area contributed by atoms with Gasteiger partial charge >= 0.3 is 0 Å². The summed E-state index contributed by atoms with van der Waals surface area (Å²) in [5.41, 5.74) is -0.423. The average molecular weight is 306 g/mol. The number of nitrogens with zero attached hydrogens (tertiary/aromatic N) is 3. The van der Waals surface area contributed by atoms with Gasteiger partial charge in [0.15, 0.2) is 5.66 Å². The van der Waals surface area contributed by atoms with Gasteiger partial charge < -0.3 is 15.0 Å². The van der Waals surface area contributed by atoms with Gasteiger partial charge in [-0.2, -0.15) is 10.2 Å². The van der Waals surface area contributed by atoms with Gasteiger partial charge in [-0.05, 0) is 0 Å². The van der Waals surface area contributed by atoms with E-state index in [9.17, 15) is 9.59 Å². The monoisotopic (exact) mass is 306 g/mol. The highest BCUT2D eigenvalue weighted by molar-refractivity contribution is 5.79. The first kappa shape index (κ1) is 16.4. The second kappa shape index (κ2) is 7.90. The lowest BCUT2D eigenvalue weighted by molar-refractivity contribution is -0.135. The van der Waals surface area contributed by atoms with Crippen molar-refractivity contribution in [3.8, 4) is 12.3 Å². The van der Waals surface area contributed by atoms with E-state index < -0.39 is 5.66 Å². The fraction of sp³-hybridized carbons (Fsp3) is 0.733. The van der Waals surface area contributed by atoms with E-state index in [-0.39, 0.29) is 11.8 Å². The van der Waals surface area contributed by atoms with E-state index in [0.29, 0.717) is 65.0 Å². The van der Waals surface area contributed by atoms with E-state index in [4.69, 9.17) is 11.2 Å². The van der Waals surface area contributed by atoms with Crippen molar-refractivity contribution >= 4 is 11.8 Å². The van der Waals surface area contributed by atoms with Crippen LogP contribution in [0.4, 0.5) is 0 Å². The van der Waals surface area contributed by atoms with Gasteiger partial charge in [0.25, 0.3) is 0 Å². The Hall–Kier alpha value is -1.94. The van der Waals surface area contributed by atoms with Crippen molar-refractivity contribution in [2.24, 2.45) is 10.2 Å². The molecular weight excluding hydrogens is 284 g/mol. The molecule has 2 aliphatic heterocycles. The Bertz CT molecular complexity index is 472. The Kier molecular flexibility index (Phi) is 5.90. The summed E-state index contributed by atoms with van der Waals surface area (Å²) in [5.74, 6) is 2.54. The number of carbonyl (C=O) groups is 2. The van der Waals surface area contributed by atoms with Gasteiger partial charge in [-0.15, -0.1) is 12.3 Å². The van der Waals surface area contributed by atoms with Crippen LogP contribution >= 0.6 is 0 Å². The topological polar surface area (TPSA) is 83.4 Å². The molecule has 0 aromatic carbocycles. The summed E-state index contributed by atoms with van der Waals surface area (Å²) >= 11 is 0. The van der Waals surface area contributed by atoms with Gasteiger partial charge in [-0.3, -0.25) is 9.59 Å². The zero-order valence-corrected chi connectivity index (χ0v) is 12.7. The first-order valence-electron chi connectivity index (χ1n) is 7.65. The fourth-order valence-electron chi connectivity index (χ4n) is 2.35. The molecule has 7 heteroatoms. The molecule has 0 aromatic heterocycles. The van der Waals surface area contributed by atoms with Gasteiger partial charge in [0.1, 0.15) is 0 Å². The summed E-state index contributed by atoms with van der Waals surface area (Å²) in [6.45, 7) is 2.80. The highest BCUT2D eigenvalue weighted by Crippen LogP contribution is 2.37. The number of terminal acetylenes is 1. The van der Waals surface area contributed by atoms with Gasteiger partial charge in [0, 0.05) is 51.7 Å². The Morgan fingerprint density at radius 3 is 2.59 bits per heavy atom. The third kappa shape index (κ3) is 5.11. The Balaban J connectivity index is 1.56. The van der Waals surface area contributed by atoms with Crippen LogP contribution in [0.2, 0.25) is 0 Å². The Morgan fingerprint density at radius 2 is 1.95 bits per heavy atom. The molecule has 2 heterocycles. The summed E-state index contributed by atoms with van der Waals surface area (Å²) in [7, 11) is 0. The van der Waals surface area contributed by atoms with Crippen LogP contribution in [0.1, 0.15) is 32.1 Å². The summed E-state index contributed by atoms with van der Waals surface area (Å²) in [4.78, 5) is 25.4. The number of nitrogens with one attached hydrogen (secondary N) is 1. The molecule has 0 atom stereocenters. The fourth-order valence-corrected chi connectivity index (χ4v) is 2.35. The number of morpholine rings is 1. The molecule has 1 saturated heterocycles. The molecule has 0 saturated carbocycles. The lowest BCUT2D eigenvalue weighted by Gasteiger charge is -2.26. The van der Waals surface area contributed by atoms with Crippen LogP contribution in [0.3, 0.4) is 0 Å². The molecule has 2 amide bonds. The van der Waals surface area contributed by atoms with Crippen molar-refractivity contribution < 1.29 is 14.3 Å². The van der Waals surface area contributed by atoms with E-state index in [1.807, 2.05) is 0 Å². The quantitative estimate of drug-likeness (QED) is 0.670. The SMILES string of the molecule is C#CCCC1(CCC(=O)NCCC(=O)N2CCOCC2)N=N1. The van der Waals surface area contributed by atoms with Crippen molar-refractivity contribution in [2.45, 2.75) is 37.8 Å². The molecule has 2 aliphatic rings.